The number of carbonyl (C=O) groups is 1. The van der Waals surface area contributed by atoms with Crippen LogP contribution in [0.1, 0.15) is 31.4 Å². The van der Waals surface area contributed by atoms with Crippen LogP contribution in [0.5, 0.6) is 5.75 Å². The van der Waals surface area contributed by atoms with Crippen molar-refractivity contribution in [2.24, 2.45) is 0 Å². The summed E-state index contributed by atoms with van der Waals surface area (Å²) in [6.45, 7) is 10.6. The molecule has 1 aromatic heterocycles. The van der Waals surface area contributed by atoms with E-state index in [1.54, 1.807) is 13.0 Å². The van der Waals surface area contributed by atoms with Crippen LogP contribution in [-0.2, 0) is 16.0 Å². The minimum absolute atomic E-state index is 0.0137. The minimum atomic E-state index is -0.600. The van der Waals surface area contributed by atoms with E-state index in [2.05, 4.69) is 11.8 Å². The molecule has 0 N–H and O–H groups in total. The Morgan fingerprint density at radius 2 is 2.00 bits per heavy atom. The van der Waals surface area contributed by atoms with Crippen LogP contribution in [0.3, 0.4) is 0 Å². The molecule has 1 amide bonds. The Hall–Kier alpha value is -2.38. The van der Waals surface area contributed by atoms with Crippen molar-refractivity contribution in [1.29, 1.82) is 0 Å². The number of hydrogen-bond acceptors (Lipinski definition) is 6. The number of morpholine rings is 1. The first kappa shape index (κ1) is 20.9. The highest BCUT2D eigenvalue weighted by molar-refractivity contribution is 5.86. The van der Waals surface area contributed by atoms with Crippen LogP contribution in [-0.4, -0.2) is 67.2 Å². The molecule has 1 unspecified atom stereocenters. The monoisotopic (exact) mass is 414 g/mol. The third-order valence-corrected chi connectivity index (χ3v) is 6.10. The largest absolute Gasteiger partial charge is 0.480 e. The van der Waals surface area contributed by atoms with Crippen molar-refractivity contribution in [3.05, 3.63) is 39.7 Å². The van der Waals surface area contributed by atoms with Crippen LogP contribution in [0.2, 0.25) is 0 Å². The molecule has 4 rings (SSSR count). The van der Waals surface area contributed by atoms with Crippen LogP contribution >= 0.6 is 0 Å². The van der Waals surface area contributed by atoms with Gasteiger partial charge in [-0.3, -0.25) is 9.69 Å². The van der Waals surface area contributed by atoms with E-state index < -0.39 is 6.10 Å². The lowest BCUT2D eigenvalue weighted by molar-refractivity contribution is -0.146. The first-order valence-electron chi connectivity index (χ1n) is 10.8. The molecule has 0 spiro atoms. The van der Waals surface area contributed by atoms with Gasteiger partial charge >= 0.3 is 5.63 Å². The molecule has 2 aliphatic heterocycles. The topological polar surface area (TPSA) is 72.2 Å². The molecule has 0 saturated carbocycles. The maximum Gasteiger partial charge on any atom is 0.336 e. The standard InChI is InChI=1S/C23H30N2O5/c1-4-5-17-12-21(26)30-22-15(2)20(7-6-19(17)22)29-16(3)23(27)25-13-18(14-25)24-8-10-28-11-9-24/h6-7,12,16,18H,4-5,8-11,13-14H2,1-3H3. The van der Waals surface area contributed by atoms with Crippen molar-refractivity contribution in [2.75, 3.05) is 39.4 Å². The van der Waals surface area contributed by atoms with Crippen molar-refractivity contribution in [3.8, 4) is 5.75 Å². The lowest BCUT2D eigenvalue weighted by atomic mass is 10.0. The summed E-state index contributed by atoms with van der Waals surface area (Å²) in [5.41, 5.74) is 1.92. The van der Waals surface area contributed by atoms with Gasteiger partial charge in [-0.1, -0.05) is 13.3 Å². The molecule has 0 aliphatic carbocycles. The van der Waals surface area contributed by atoms with Gasteiger partial charge < -0.3 is 18.8 Å². The van der Waals surface area contributed by atoms with E-state index in [1.807, 2.05) is 24.0 Å². The van der Waals surface area contributed by atoms with E-state index in [4.69, 9.17) is 13.9 Å². The van der Waals surface area contributed by atoms with Gasteiger partial charge in [0.05, 0.1) is 13.2 Å². The summed E-state index contributed by atoms with van der Waals surface area (Å²) in [5, 5.41) is 0.927. The van der Waals surface area contributed by atoms with Crippen molar-refractivity contribution in [2.45, 2.75) is 45.8 Å². The third kappa shape index (κ3) is 4.09. The SMILES string of the molecule is CCCc1cc(=O)oc2c(C)c(OC(C)C(=O)N3CC(N4CCOCC4)C3)ccc12. The Balaban J connectivity index is 1.44. The summed E-state index contributed by atoms with van der Waals surface area (Å²) < 4.78 is 16.9. The maximum atomic E-state index is 12.8. The van der Waals surface area contributed by atoms with Gasteiger partial charge in [0.1, 0.15) is 11.3 Å². The summed E-state index contributed by atoms with van der Waals surface area (Å²) in [7, 11) is 0. The van der Waals surface area contributed by atoms with Crippen LogP contribution in [0.4, 0.5) is 0 Å². The number of nitrogens with zero attached hydrogens (tertiary/aromatic N) is 2. The molecule has 2 saturated heterocycles. The normalized spacial score (nSPS) is 19.0. The molecule has 7 heteroatoms. The summed E-state index contributed by atoms with van der Waals surface area (Å²) in [4.78, 5) is 29.0. The summed E-state index contributed by atoms with van der Waals surface area (Å²) in [6.07, 6.45) is 1.16. The number of carbonyl (C=O) groups excluding carboxylic acids is 1. The zero-order valence-corrected chi connectivity index (χ0v) is 18.0. The fourth-order valence-electron chi connectivity index (χ4n) is 4.32. The van der Waals surface area contributed by atoms with E-state index in [0.29, 0.717) is 17.4 Å². The van der Waals surface area contributed by atoms with E-state index in [0.717, 1.165) is 68.7 Å². The number of likely N-dealkylation sites (tertiary alicyclic amines) is 1. The molecule has 1 atom stereocenters. The number of rotatable bonds is 6. The minimum Gasteiger partial charge on any atom is -0.480 e. The van der Waals surface area contributed by atoms with Gasteiger partial charge in [0, 0.05) is 49.2 Å². The molecule has 2 aromatic rings. The van der Waals surface area contributed by atoms with Crippen molar-refractivity contribution < 1.29 is 18.7 Å². The van der Waals surface area contributed by atoms with Gasteiger partial charge in [-0.2, -0.15) is 0 Å². The molecule has 2 aliphatic rings. The van der Waals surface area contributed by atoms with Gasteiger partial charge in [-0.15, -0.1) is 0 Å². The van der Waals surface area contributed by atoms with Gasteiger partial charge in [0.2, 0.25) is 0 Å². The Morgan fingerprint density at radius 1 is 1.27 bits per heavy atom. The molecular formula is C23H30N2O5. The highest BCUT2D eigenvalue weighted by atomic mass is 16.5. The first-order chi connectivity index (χ1) is 14.5. The molecule has 7 nitrogen and oxygen atoms in total. The van der Waals surface area contributed by atoms with E-state index in [1.165, 1.54) is 0 Å². The van der Waals surface area contributed by atoms with Gasteiger partial charge in [0.15, 0.2) is 6.10 Å². The second kappa shape index (κ2) is 8.78. The maximum absolute atomic E-state index is 12.8. The van der Waals surface area contributed by atoms with Crippen LogP contribution in [0.25, 0.3) is 11.0 Å². The zero-order chi connectivity index (χ0) is 21.3. The van der Waals surface area contributed by atoms with Gasteiger partial charge in [-0.05, 0) is 38.0 Å². The van der Waals surface area contributed by atoms with Crippen molar-refractivity contribution in [1.82, 2.24) is 9.80 Å². The van der Waals surface area contributed by atoms with Crippen LogP contribution in [0, 0.1) is 6.92 Å². The van der Waals surface area contributed by atoms with Crippen molar-refractivity contribution >= 4 is 16.9 Å². The average Bonchev–Trinajstić information content (AvgIpc) is 2.70. The van der Waals surface area contributed by atoms with Crippen LogP contribution in [0.15, 0.2) is 27.4 Å². The molecule has 0 bridgehead atoms. The number of ether oxygens (including phenoxy) is 2. The smallest absolute Gasteiger partial charge is 0.336 e. The lowest BCUT2D eigenvalue weighted by Crippen LogP contribution is -2.64. The number of hydrogen-bond donors (Lipinski definition) is 0. The van der Waals surface area contributed by atoms with Gasteiger partial charge in [0.25, 0.3) is 5.91 Å². The Bertz CT molecular complexity index is 973. The number of aryl methyl sites for hydroxylation is 2. The predicted octanol–water partition coefficient (Wildman–Crippen LogP) is 2.36. The van der Waals surface area contributed by atoms with Crippen LogP contribution < -0.4 is 10.4 Å². The first-order valence-corrected chi connectivity index (χ1v) is 10.8. The average molecular weight is 415 g/mol. The zero-order valence-electron chi connectivity index (χ0n) is 18.0. The molecule has 2 fully saturated rings. The van der Waals surface area contributed by atoms with Gasteiger partial charge in [-0.25, -0.2) is 4.79 Å². The number of amides is 1. The summed E-state index contributed by atoms with van der Waals surface area (Å²) in [6, 6.07) is 5.76. The highest BCUT2D eigenvalue weighted by Crippen LogP contribution is 2.30. The van der Waals surface area contributed by atoms with E-state index in [9.17, 15) is 9.59 Å². The Morgan fingerprint density at radius 3 is 2.70 bits per heavy atom. The molecule has 162 valence electrons. The summed E-state index contributed by atoms with van der Waals surface area (Å²) in [5.74, 6) is 0.561. The molecular weight excluding hydrogens is 384 g/mol. The van der Waals surface area contributed by atoms with E-state index in [-0.39, 0.29) is 11.5 Å². The Labute approximate surface area is 176 Å². The van der Waals surface area contributed by atoms with Crippen molar-refractivity contribution in [3.63, 3.8) is 0 Å². The quantitative estimate of drug-likeness (QED) is 0.676. The second-order valence-electron chi connectivity index (χ2n) is 8.21. The molecule has 30 heavy (non-hydrogen) atoms. The number of fused-ring (bicyclic) bond motifs is 1. The predicted molar refractivity (Wildman–Crippen MR) is 114 cm³/mol. The Kier molecular flexibility index (Phi) is 6.11. The fourth-order valence-corrected chi connectivity index (χ4v) is 4.32. The van der Waals surface area contributed by atoms with E-state index >= 15 is 0 Å². The number of benzene rings is 1. The third-order valence-electron chi connectivity index (χ3n) is 6.10. The fraction of sp³-hybridized carbons (Fsp3) is 0.565. The molecule has 1 aromatic carbocycles. The molecule has 0 radical (unpaired) electrons. The second-order valence-corrected chi connectivity index (χ2v) is 8.21. The summed E-state index contributed by atoms with van der Waals surface area (Å²) >= 11 is 0. The highest BCUT2D eigenvalue weighted by Gasteiger charge is 2.37. The molecule has 3 heterocycles. The lowest BCUT2D eigenvalue weighted by Gasteiger charge is -2.47.